The SMILES string of the molecule is C[C@H](O)[C@@H](N)C(=O)Nc1ccn([C@@H]2O[C@H](CO)CC2(F)F)c(=O)n1. The number of aromatic nitrogens is 2. The van der Waals surface area contributed by atoms with Gasteiger partial charge in [0.2, 0.25) is 12.1 Å². The molecule has 0 aliphatic carbocycles. The zero-order valence-electron chi connectivity index (χ0n) is 12.7. The Hall–Kier alpha value is -1.95. The lowest BCUT2D eigenvalue weighted by Gasteiger charge is -2.20. The fraction of sp³-hybridized carbons (Fsp3) is 0.615. The third-order valence-corrected chi connectivity index (χ3v) is 3.54. The minimum atomic E-state index is -3.35. The number of alkyl halides is 2. The molecule has 0 spiro atoms. The number of hydrogen-bond donors (Lipinski definition) is 4. The van der Waals surface area contributed by atoms with Gasteiger partial charge in [-0.2, -0.15) is 4.98 Å². The average Bonchev–Trinajstić information content (AvgIpc) is 2.81. The van der Waals surface area contributed by atoms with Crippen LogP contribution in [0.1, 0.15) is 19.6 Å². The molecule has 134 valence electrons. The summed E-state index contributed by atoms with van der Waals surface area (Å²) in [6.45, 7) is 0.715. The van der Waals surface area contributed by atoms with E-state index in [2.05, 4.69) is 10.3 Å². The summed E-state index contributed by atoms with van der Waals surface area (Å²) < 4.78 is 33.3. The predicted molar refractivity (Wildman–Crippen MR) is 77.3 cm³/mol. The fourth-order valence-electron chi connectivity index (χ4n) is 2.20. The van der Waals surface area contributed by atoms with Crippen LogP contribution in [-0.2, 0) is 9.53 Å². The molecule has 4 atom stereocenters. The normalized spacial score (nSPS) is 25.2. The van der Waals surface area contributed by atoms with Crippen molar-refractivity contribution in [2.45, 2.75) is 43.7 Å². The van der Waals surface area contributed by atoms with Gasteiger partial charge in [-0.05, 0) is 13.0 Å². The van der Waals surface area contributed by atoms with E-state index in [0.29, 0.717) is 4.57 Å². The second-order valence-electron chi connectivity index (χ2n) is 5.52. The summed E-state index contributed by atoms with van der Waals surface area (Å²) in [4.78, 5) is 27.1. The minimum absolute atomic E-state index is 0.197. The van der Waals surface area contributed by atoms with E-state index in [9.17, 15) is 23.5 Å². The molecule has 2 rings (SSSR count). The average molecular weight is 348 g/mol. The van der Waals surface area contributed by atoms with Crippen molar-refractivity contribution in [2.75, 3.05) is 11.9 Å². The maximum absolute atomic E-state index is 13.9. The molecule has 1 aliphatic rings. The van der Waals surface area contributed by atoms with Crippen molar-refractivity contribution in [3.8, 4) is 0 Å². The number of aliphatic hydroxyl groups excluding tert-OH is 2. The molecular formula is C13H18F2N4O5. The zero-order chi connectivity index (χ0) is 18.1. The van der Waals surface area contributed by atoms with Crippen molar-refractivity contribution in [1.29, 1.82) is 0 Å². The number of carbonyl (C=O) groups is 1. The summed E-state index contributed by atoms with van der Waals surface area (Å²) in [6, 6.07) is -0.109. The molecule has 0 bridgehead atoms. The van der Waals surface area contributed by atoms with Gasteiger partial charge in [0, 0.05) is 12.6 Å². The van der Waals surface area contributed by atoms with Gasteiger partial charge in [-0.15, -0.1) is 0 Å². The van der Waals surface area contributed by atoms with Crippen molar-refractivity contribution in [3.63, 3.8) is 0 Å². The molecule has 0 saturated carbocycles. The Morgan fingerprint density at radius 3 is 2.83 bits per heavy atom. The summed E-state index contributed by atoms with van der Waals surface area (Å²) in [5, 5.41) is 20.4. The van der Waals surface area contributed by atoms with Crippen LogP contribution < -0.4 is 16.7 Å². The number of hydrogen-bond acceptors (Lipinski definition) is 7. The lowest BCUT2D eigenvalue weighted by atomic mass is 10.2. The first-order valence-electron chi connectivity index (χ1n) is 7.13. The number of ether oxygens (including phenoxy) is 1. The van der Waals surface area contributed by atoms with Gasteiger partial charge in [0.05, 0.1) is 18.8 Å². The molecule has 5 N–H and O–H groups in total. The van der Waals surface area contributed by atoms with E-state index in [1.807, 2.05) is 0 Å². The van der Waals surface area contributed by atoms with Crippen molar-refractivity contribution in [2.24, 2.45) is 5.73 Å². The van der Waals surface area contributed by atoms with Crippen LogP contribution in [-0.4, -0.2) is 56.5 Å². The Balaban J connectivity index is 2.19. The molecule has 1 aromatic rings. The summed E-state index contributed by atoms with van der Waals surface area (Å²) in [6.07, 6.45) is -3.81. The highest BCUT2D eigenvalue weighted by atomic mass is 19.3. The first-order chi connectivity index (χ1) is 11.2. The molecule has 0 aromatic carbocycles. The van der Waals surface area contributed by atoms with E-state index in [-0.39, 0.29) is 5.82 Å². The molecule has 1 aliphatic heterocycles. The number of anilines is 1. The maximum atomic E-state index is 13.9. The zero-order valence-corrected chi connectivity index (χ0v) is 12.7. The Labute approximate surface area is 135 Å². The molecule has 1 saturated heterocycles. The highest BCUT2D eigenvalue weighted by molar-refractivity contribution is 5.94. The summed E-state index contributed by atoms with van der Waals surface area (Å²) in [5.41, 5.74) is 4.36. The van der Waals surface area contributed by atoms with Crippen LogP contribution in [0.4, 0.5) is 14.6 Å². The van der Waals surface area contributed by atoms with E-state index in [0.717, 1.165) is 12.3 Å². The molecule has 0 radical (unpaired) electrons. The highest BCUT2D eigenvalue weighted by Gasteiger charge is 2.51. The number of halogens is 2. The topological polar surface area (TPSA) is 140 Å². The van der Waals surface area contributed by atoms with Crippen molar-refractivity contribution < 1.29 is 28.5 Å². The molecule has 24 heavy (non-hydrogen) atoms. The van der Waals surface area contributed by atoms with Gasteiger partial charge < -0.3 is 26.0 Å². The number of nitrogens with one attached hydrogen (secondary N) is 1. The van der Waals surface area contributed by atoms with Crippen LogP contribution in [0.25, 0.3) is 0 Å². The van der Waals surface area contributed by atoms with Crippen LogP contribution >= 0.6 is 0 Å². The Bertz CT molecular complexity index is 666. The molecule has 11 heteroatoms. The summed E-state index contributed by atoms with van der Waals surface area (Å²) in [5.74, 6) is -4.33. The molecule has 0 unspecified atom stereocenters. The Kier molecular flexibility index (Phi) is 5.28. The van der Waals surface area contributed by atoms with Crippen LogP contribution in [0.2, 0.25) is 0 Å². The molecular weight excluding hydrogens is 330 g/mol. The van der Waals surface area contributed by atoms with E-state index in [4.69, 9.17) is 15.6 Å². The lowest BCUT2D eigenvalue weighted by Crippen LogP contribution is -2.44. The van der Waals surface area contributed by atoms with E-state index < -0.39 is 55.0 Å². The third-order valence-electron chi connectivity index (χ3n) is 3.54. The summed E-state index contributed by atoms with van der Waals surface area (Å²) >= 11 is 0. The lowest BCUT2D eigenvalue weighted by molar-refractivity contribution is -0.120. The minimum Gasteiger partial charge on any atom is -0.394 e. The number of amides is 1. The van der Waals surface area contributed by atoms with Crippen molar-refractivity contribution >= 4 is 11.7 Å². The molecule has 2 heterocycles. The number of aliphatic hydroxyl groups is 2. The van der Waals surface area contributed by atoms with E-state index in [1.165, 1.54) is 6.92 Å². The van der Waals surface area contributed by atoms with Crippen LogP contribution in [0, 0.1) is 0 Å². The van der Waals surface area contributed by atoms with Gasteiger partial charge in [0.25, 0.3) is 5.92 Å². The van der Waals surface area contributed by atoms with Crippen LogP contribution in [0.15, 0.2) is 17.1 Å². The number of rotatable bonds is 5. The summed E-state index contributed by atoms with van der Waals surface area (Å²) in [7, 11) is 0. The van der Waals surface area contributed by atoms with Crippen LogP contribution in [0.5, 0.6) is 0 Å². The van der Waals surface area contributed by atoms with Gasteiger partial charge in [-0.25, -0.2) is 13.6 Å². The first kappa shape index (κ1) is 18.4. The maximum Gasteiger partial charge on any atom is 0.351 e. The van der Waals surface area contributed by atoms with Crippen molar-refractivity contribution in [1.82, 2.24) is 9.55 Å². The van der Waals surface area contributed by atoms with Gasteiger partial charge in [-0.3, -0.25) is 9.36 Å². The largest absolute Gasteiger partial charge is 0.394 e. The first-order valence-corrected chi connectivity index (χ1v) is 7.13. The molecule has 9 nitrogen and oxygen atoms in total. The monoisotopic (exact) mass is 348 g/mol. The predicted octanol–water partition coefficient (Wildman–Crippen LogP) is -1.19. The fourth-order valence-corrected chi connectivity index (χ4v) is 2.20. The second-order valence-corrected chi connectivity index (χ2v) is 5.52. The van der Waals surface area contributed by atoms with Gasteiger partial charge >= 0.3 is 5.69 Å². The quantitative estimate of drug-likeness (QED) is 0.524. The van der Waals surface area contributed by atoms with Gasteiger partial charge in [0.15, 0.2) is 0 Å². The second kappa shape index (κ2) is 6.89. The highest BCUT2D eigenvalue weighted by Crippen LogP contribution is 2.41. The van der Waals surface area contributed by atoms with E-state index >= 15 is 0 Å². The molecule has 1 amide bonds. The van der Waals surface area contributed by atoms with E-state index in [1.54, 1.807) is 0 Å². The number of carbonyl (C=O) groups excluding carboxylic acids is 1. The number of nitrogens with two attached hydrogens (primary N) is 1. The van der Waals surface area contributed by atoms with Gasteiger partial charge in [-0.1, -0.05) is 0 Å². The molecule has 1 fully saturated rings. The van der Waals surface area contributed by atoms with Crippen molar-refractivity contribution in [3.05, 3.63) is 22.7 Å². The van der Waals surface area contributed by atoms with Crippen LogP contribution in [0.3, 0.4) is 0 Å². The van der Waals surface area contributed by atoms with Gasteiger partial charge in [0.1, 0.15) is 11.9 Å². The standard InChI is InChI=1S/C13H18F2N4O5/c1-6(21)9(16)10(22)17-8-2-3-19(12(23)18-8)11-13(14,15)4-7(5-20)24-11/h2-3,6-7,9,11,20-21H,4-5,16H2,1H3,(H,17,18,22,23)/t6-,7-,9+,11+/m0/s1. The Morgan fingerprint density at radius 1 is 1.67 bits per heavy atom. The Morgan fingerprint density at radius 2 is 2.33 bits per heavy atom. The number of nitrogens with zero attached hydrogens (tertiary/aromatic N) is 2. The molecule has 1 aromatic heterocycles. The smallest absolute Gasteiger partial charge is 0.351 e. The third kappa shape index (κ3) is 3.75.